The van der Waals surface area contributed by atoms with E-state index in [1.165, 1.54) is 0 Å². The molecule has 2 aromatic carbocycles. The number of nitrogens with zero attached hydrogens (tertiary/aromatic N) is 1. The molecular formula is C38H42N2O5. The van der Waals surface area contributed by atoms with Crippen molar-refractivity contribution in [2.45, 2.75) is 46.1 Å². The Balaban J connectivity index is 1.64. The van der Waals surface area contributed by atoms with E-state index in [9.17, 15) is 15.0 Å². The highest BCUT2D eigenvalue weighted by Gasteiger charge is 2.21. The van der Waals surface area contributed by atoms with E-state index in [1.54, 1.807) is 18.2 Å². The molecule has 45 heavy (non-hydrogen) atoms. The summed E-state index contributed by atoms with van der Waals surface area (Å²) < 4.78 is 11.7. The third-order valence-electron chi connectivity index (χ3n) is 7.13. The molecule has 0 amide bonds. The summed E-state index contributed by atoms with van der Waals surface area (Å²) in [7, 11) is 0. The van der Waals surface area contributed by atoms with Gasteiger partial charge in [0, 0.05) is 29.8 Å². The summed E-state index contributed by atoms with van der Waals surface area (Å²) in [5, 5.41) is 24.4. The number of carboxylic acid groups (broad SMARTS) is 1. The number of aliphatic hydroxyl groups is 1. The highest BCUT2D eigenvalue weighted by Crippen LogP contribution is 2.27. The number of oxazole rings is 1. The number of aliphatic hydroxyl groups excluding tert-OH is 1. The van der Waals surface area contributed by atoms with Gasteiger partial charge in [0.05, 0.1) is 24.0 Å². The van der Waals surface area contributed by atoms with Crippen LogP contribution in [0.1, 0.15) is 49.8 Å². The molecule has 7 nitrogen and oxygen atoms in total. The molecule has 0 aliphatic carbocycles. The molecule has 2 unspecified atom stereocenters. The van der Waals surface area contributed by atoms with Gasteiger partial charge in [0.1, 0.15) is 11.9 Å². The lowest BCUT2D eigenvalue weighted by molar-refractivity contribution is -0.141. The van der Waals surface area contributed by atoms with Crippen LogP contribution in [-0.2, 0) is 16.0 Å². The Morgan fingerprint density at radius 2 is 1.84 bits per heavy atom. The summed E-state index contributed by atoms with van der Waals surface area (Å²) >= 11 is 0. The largest absolute Gasteiger partial charge is 0.498 e. The second-order valence-corrected chi connectivity index (χ2v) is 10.5. The minimum Gasteiger partial charge on any atom is -0.498 e. The lowest BCUT2D eigenvalue weighted by atomic mass is 9.95. The third kappa shape index (κ3) is 10.6. The third-order valence-corrected chi connectivity index (χ3v) is 7.13. The van der Waals surface area contributed by atoms with E-state index < -0.39 is 18.0 Å². The number of allylic oxidation sites excluding steroid dienone is 7. The molecule has 0 saturated heterocycles. The highest BCUT2D eigenvalue weighted by molar-refractivity contribution is 5.71. The molecule has 2 atom stereocenters. The quantitative estimate of drug-likeness (QED) is 0.0633. The molecule has 0 aliphatic rings. The van der Waals surface area contributed by atoms with Crippen molar-refractivity contribution in [1.82, 2.24) is 10.3 Å². The standard InChI is InChI=1S/C38H42N2O5/c1-6-15-33(36(41)30-17-11-9-12-18-30)35(16-7-2)39-26-32(38(42)43)25-29(8-3)22-21-27(4)44-24-23-34-28(5)45-37(40-34)31-19-13-10-14-20-31/h3,6-7,9-14,16-22,32,36,39,41H,1,15,23-26H2,2,4-5H3,(H,42,43)/b16-7-,27-21+,29-22+,35-33-. The van der Waals surface area contributed by atoms with Crippen molar-refractivity contribution >= 4 is 5.97 Å². The maximum absolute atomic E-state index is 12.2. The minimum absolute atomic E-state index is 0.109. The molecule has 0 spiro atoms. The fourth-order valence-electron chi connectivity index (χ4n) is 4.67. The molecule has 1 aromatic heterocycles. The molecule has 3 N–H and O–H groups in total. The number of aliphatic carboxylic acids is 1. The Bertz CT molecular complexity index is 1570. The van der Waals surface area contributed by atoms with Gasteiger partial charge in [-0.05, 0) is 75.1 Å². The van der Waals surface area contributed by atoms with Crippen LogP contribution in [0, 0.1) is 25.2 Å². The van der Waals surface area contributed by atoms with Crippen LogP contribution in [0.2, 0.25) is 0 Å². The lowest BCUT2D eigenvalue weighted by Gasteiger charge is -2.21. The lowest BCUT2D eigenvalue weighted by Crippen LogP contribution is -2.29. The van der Waals surface area contributed by atoms with Crippen LogP contribution in [0.5, 0.6) is 0 Å². The van der Waals surface area contributed by atoms with Crippen molar-refractivity contribution in [1.29, 1.82) is 0 Å². The van der Waals surface area contributed by atoms with Crippen molar-refractivity contribution in [3.05, 3.63) is 137 Å². The van der Waals surface area contributed by atoms with Gasteiger partial charge >= 0.3 is 5.97 Å². The average Bonchev–Trinajstić information content (AvgIpc) is 3.43. The van der Waals surface area contributed by atoms with Crippen LogP contribution in [0.15, 0.2) is 125 Å². The second kappa shape index (κ2) is 17.9. The first-order valence-electron chi connectivity index (χ1n) is 14.9. The second-order valence-electron chi connectivity index (χ2n) is 10.5. The molecular weight excluding hydrogens is 564 g/mol. The van der Waals surface area contributed by atoms with Gasteiger partial charge in [0.15, 0.2) is 0 Å². The predicted molar refractivity (Wildman–Crippen MR) is 179 cm³/mol. The fourth-order valence-corrected chi connectivity index (χ4v) is 4.67. The smallest absolute Gasteiger partial charge is 0.308 e. The molecule has 1 heterocycles. The van der Waals surface area contributed by atoms with E-state index in [2.05, 4.69) is 22.8 Å². The van der Waals surface area contributed by atoms with E-state index in [-0.39, 0.29) is 13.0 Å². The Morgan fingerprint density at radius 1 is 1.16 bits per heavy atom. The molecule has 0 radical (unpaired) electrons. The molecule has 3 aromatic rings. The zero-order valence-corrected chi connectivity index (χ0v) is 26.2. The topological polar surface area (TPSA) is 105 Å². The van der Waals surface area contributed by atoms with Crippen molar-refractivity contribution < 1.29 is 24.2 Å². The SMILES string of the molecule is C#C/C(=C\C=C(/C)OCCc1nc(-c2ccccc2)oc1C)CC(CNC(/C=C\C)=C(/CC=C)C(O)c1ccccc1)C(=O)O. The molecule has 0 fully saturated rings. The highest BCUT2D eigenvalue weighted by atomic mass is 16.5. The first-order chi connectivity index (χ1) is 21.8. The number of hydrogen-bond acceptors (Lipinski definition) is 6. The van der Waals surface area contributed by atoms with Gasteiger partial charge in [-0.25, -0.2) is 4.98 Å². The molecule has 0 aliphatic heterocycles. The summed E-state index contributed by atoms with van der Waals surface area (Å²) in [4.78, 5) is 16.8. The van der Waals surface area contributed by atoms with Crippen LogP contribution >= 0.6 is 0 Å². The number of benzene rings is 2. The first-order valence-corrected chi connectivity index (χ1v) is 14.9. The molecule has 7 heteroatoms. The van der Waals surface area contributed by atoms with E-state index in [0.29, 0.717) is 47.9 Å². The van der Waals surface area contributed by atoms with Crippen LogP contribution < -0.4 is 5.32 Å². The number of hydrogen-bond donors (Lipinski definition) is 3. The number of terminal acetylenes is 1. The monoisotopic (exact) mass is 606 g/mol. The Morgan fingerprint density at radius 3 is 2.47 bits per heavy atom. The Kier molecular flexibility index (Phi) is 13.7. The summed E-state index contributed by atoms with van der Waals surface area (Å²) in [6, 6.07) is 19.0. The molecule has 3 rings (SSSR count). The van der Waals surface area contributed by atoms with Crippen molar-refractivity contribution in [2.75, 3.05) is 13.2 Å². The number of aromatic nitrogens is 1. The van der Waals surface area contributed by atoms with Crippen molar-refractivity contribution in [3.63, 3.8) is 0 Å². The van der Waals surface area contributed by atoms with E-state index in [1.807, 2.05) is 93.6 Å². The van der Waals surface area contributed by atoms with Gasteiger partial charge < -0.3 is 24.7 Å². The van der Waals surface area contributed by atoms with Gasteiger partial charge in [-0.15, -0.1) is 13.0 Å². The fraction of sp³-hybridized carbons (Fsp3) is 0.263. The maximum atomic E-state index is 12.2. The van der Waals surface area contributed by atoms with Gasteiger partial charge in [-0.2, -0.15) is 0 Å². The average molecular weight is 607 g/mol. The molecule has 234 valence electrons. The number of carbonyl (C=O) groups is 1. The molecule has 0 saturated carbocycles. The van der Waals surface area contributed by atoms with E-state index >= 15 is 0 Å². The number of aryl methyl sites for hydroxylation is 1. The number of nitrogens with one attached hydrogen (secondary N) is 1. The minimum atomic E-state index is -0.979. The van der Waals surface area contributed by atoms with Gasteiger partial charge in [0.2, 0.25) is 5.89 Å². The molecule has 0 bridgehead atoms. The number of carboxylic acids is 1. The maximum Gasteiger partial charge on any atom is 0.308 e. The van der Waals surface area contributed by atoms with E-state index in [0.717, 1.165) is 22.6 Å². The van der Waals surface area contributed by atoms with Crippen molar-refractivity contribution in [2.24, 2.45) is 5.92 Å². The summed E-state index contributed by atoms with van der Waals surface area (Å²) in [6.07, 6.45) is 14.9. The van der Waals surface area contributed by atoms with Gasteiger partial charge in [-0.1, -0.05) is 66.6 Å². The number of ether oxygens (including phenoxy) is 1. The zero-order valence-electron chi connectivity index (χ0n) is 26.2. The normalized spacial score (nSPS) is 13.9. The summed E-state index contributed by atoms with van der Waals surface area (Å²) in [5.74, 6) is 2.79. The van der Waals surface area contributed by atoms with Crippen LogP contribution in [-0.4, -0.2) is 34.3 Å². The first kappa shape index (κ1) is 34.4. The van der Waals surface area contributed by atoms with Gasteiger partial charge in [0.25, 0.3) is 0 Å². The van der Waals surface area contributed by atoms with Crippen LogP contribution in [0.25, 0.3) is 11.5 Å². The summed E-state index contributed by atoms with van der Waals surface area (Å²) in [6.45, 7) is 9.90. The van der Waals surface area contributed by atoms with Gasteiger partial charge in [-0.3, -0.25) is 4.79 Å². The van der Waals surface area contributed by atoms with E-state index in [4.69, 9.17) is 15.6 Å². The zero-order chi connectivity index (χ0) is 32.6. The van der Waals surface area contributed by atoms with Crippen LogP contribution in [0.3, 0.4) is 0 Å². The van der Waals surface area contributed by atoms with Crippen LogP contribution in [0.4, 0.5) is 0 Å². The van der Waals surface area contributed by atoms with Crippen molar-refractivity contribution in [3.8, 4) is 23.8 Å². The Labute approximate surface area is 266 Å². The predicted octanol–water partition coefficient (Wildman–Crippen LogP) is 7.49. The number of rotatable bonds is 17. The summed E-state index contributed by atoms with van der Waals surface area (Å²) in [5.41, 5.74) is 4.36. The Hall–Kier alpha value is -5.06.